The van der Waals surface area contributed by atoms with Crippen molar-refractivity contribution in [3.8, 4) is 0 Å². The van der Waals surface area contributed by atoms with Gasteiger partial charge in [0.15, 0.2) is 0 Å². The van der Waals surface area contributed by atoms with Gasteiger partial charge in [-0.05, 0) is 53.9 Å². The molecule has 21 heavy (non-hydrogen) atoms. The number of halogens is 1. The smallest absolute Gasteiger partial charge is 0.0686 e. The Morgan fingerprint density at radius 3 is 2.38 bits per heavy atom. The average molecular weight is 322 g/mol. The molecule has 114 valence electrons. The molecule has 0 saturated heterocycles. The number of rotatable bonds is 6. The van der Waals surface area contributed by atoms with E-state index >= 15 is 0 Å². The van der Waals surface area contributed by atoms with Gasteiger partial charge in [-0.25, -0.2) is 0 Å². The molecule has 1 aromatic heterocycles. The molecule has 1 heterocycles. The zero-order valence-electron chi connectivity index (χ0n) is 13.3. The van der Waals surface area contributed by atoms with Gasteiger partial charge < -0.3 is 5.32 Å². The zero-order chi connectivity index (χ0) is 15.4. The number of hydrogen-bond donors (Lipinski definition) is 1. The van der Waals surface area contributed by atoms with E-state index in [0.29, 0.717) is 0 Å². The highest BCUT2D eigenvalue weighted by Gasteiger charge is 2.19. The van der Waals surface area contributed by atoms with Crippen LogP contribution in [0.3, 0.4) is 0 Å². The van der Waals surface area contributed by atoms with Crippen molar-refractivity contribution < 1.29 is 0 Å². The van der Waals surface area contributed by atoms with Crippen molar-refractivity contribution in [2.45, 2.75) is 46.6 Å². The molecule has 1 N–H and O–H groups in total. The zero-order valence-corrected chi connectivity index (χ0v) is 14.9. The third kappa shape index (κ3) is 3.50. The maximum atomic E-state index is 6.49. The van der Waals surface area contributed by atoms with E-state index in [0.717, 1.165) is 24.4 Å². The summed E-state index contributed by atoms with van der Waals surface area (Å²) in [6, 6.07) is 7.05. The van der Waals surface area contributed by atoms with Crippen LogP contribution in [0.4, 0.5) is 0 Å². The van der Waals surface area contributed by atoms with E-state index in [1.54, 1.807) is 11.3 Å². The first-order valence-electron chi connectivity index (χ1n) is 7.70. The summed E-state index contributed by atoms with van der Waals surface area (Å²) in [7, 11) is 0. The summed E-state index contributed by atoms with van der Waals surface area (Å²) in [5, 5.41) is 6.63. The summed E-state index contributed by atoms with van der Waals surface area (Å²) in [6.07, 6.45) is 2.17. The van der Waals surface area contributed by atoms with Crippen molar-refractivity contribution in [1.82, 2.24) is 5.32 Å². The van der Waals surface area contributed by atoms with Gasteiger partial charge in [0.05, 0.1) is 11.1 Å². The van der Waals surface area contributed by atoms with E-state index in [1.165, 1.54) is 27.1 Å². The second-order valence-electron chi connectivity index (χ2n) is 5.32. The fourth-order valence-corrected chi connectivity index (χ4v) is 4.11. The van der Waals surface area contributed by atoms with Gasteiger partial charge in [0.2, 0.25) is 0 Å². The van der Waals surface area contributed by atoms with E-state index in [-0.39, 0.29) is 6.04 Å². The van der Waals surface area contributed by atoms with Gasteiger partial charge in [0.25, 0.3) is 0 Å². The molecule has 3 heteroatoms. The lowest BCUT2D eigenvalue weighted by Gasteiger charge is -2.20. The molecular weight excluding hydrogens is 298 g/mol. The standard InChI is InChI=1S/C18H24ClNS/c1-5-13-8-9-15(10-14(13)6-2)17(20-7-3)18-16(19)12(4)11-21-18/h8-11,17,20H,5-7H2,1-4H3. The summed E-state index contributed by atoms with van der Waals surface area (Å²) in [4.78, 5) is 1.22. The quantitative estimate of drug-likeness (QED) is 0.737. The van der Waals surface area contributed by atoms with E-state index in [2.05, 4.69) is 56.6 Å². The van der Waals surface area contributed by atoms with Crippen LogP contribution in [0.1, 0.15) is 53.9 Å². The molecule has 1 unspecified atom stereocenters. The van der Waals surface area contributed by atoms with Gasteiger partial charge in [0, 0.05) is 4.88 Å². The van der Waals surface area contributed by atoms with Crippen molar-refractivity contribution in [2.75, 3.05) is 6.54 Å². The highest BCUT2D eigenvalue weighted by atomic mass is 35.5. The molecule has 0 spiro atoms. The Balaban J connectivity index is 2.45. The monoisotopic (exact) mass is 321 g/mol. The predicted molar refractivity (Wildman–Crippen MR) is 94.8 cm³/mol. The first-order chi connectivity index (χ1) is 10.1. The molecule has 0 saturated carbocycles. The Labute approximate surface area is 137 Å². The van der Waals surface area contributed by atoms with Crippen LogP contribution in [0.15, 0.2) is 23.6 Å². The molecule has 1 atom stereocenters. The second kappa shape index (κ2) is 7.44. The van der Waals surface area contributed by atoms with Crippen LogP contribution in [0, 0.1) is 6.92 Å². The molecule has 1 aromatic carbocycles. The number of nitrogens with one attached hydrogen (secondary N) is 1. The van der Waals surface area contributed by atoms with Crippen molar-refractivity contribution >= 4 is 22.9 Å². The summed E-state index contributed by atoms with van der Waals surface area (Å²) < 4.78 is 0. The first kappa shape index (κ1) is 16.5. The fraction of sp³-hybridized carbons (Fsp3) is 0.444. The van der Waals surface area contributed by atoms with Crippen LogP contribution in [0.5, 0.6) is 0 Å². The van der Waals surface area contributed by atoms with Crippen molar-refractivity contribution in [2.24, 2.45) is 0 Å². The molecule has 2 aromatic rings. The minimum atomic E-state index is 0.192. The molecular formula is C18H24ClNS. The highest BCUT2D eigenvalue weighted by molar-refractivity contribution is 7.10. The third-order valence-electron chi connectivity index (χ3n) is 3.92. The predicted octanol–water partition coefficient (Wildman–Crippen LogP) is 5.53. The fourth-order valence-electron chi connectivity index (χ4n) is 2.71. The van der Waals surface area contributed by atoms with Crippen molar-refractivity contribution in [1.29, 1.82) is 0 Å². The normalized spacial score (nSPS) is 12.6. The maximum absolute atomic E-state index is 6.49. The Hall–Kier alpha value is -0.830. The van der Waals surface area contributed by atoms with Crippen molar-refractivity contribution in [3.63, 3.8) is 0 Å². The van der Waals surface area contributed by atoms with Crippen LogP contribution in [0.2, 0.25) is 5.02 Å². The van der Waals surface area contributed by atoms with Crippen LogP contribution in [-0.2, 0) is 12.8 Å². The van der Waals surface area contributed by atoms with Crippen LogP contribution in [-0.4, -0.2) is 6.54 Å². The first-order valence-corrected chi connectivity index (χ1v) is 8.96. The van der Waals surface area contributed by atoms with E-state index in [4.69, 9.17) is 11.6 Å². The lowest BCUT2D eigenvalue weighted by molar-refractivity contribution is 0.638. The van der Waals surface area contributed by atoms with Gasteiger partial charge in [-0.3, -0.25) is 0 Å². The SMILES string of the molecule is CCNC(c1ccc(CC)c(CC)c1)c1scc(C)c1Cl. The Morgan fingerprint density at radius 1 is 1.14 bits per heavy atom. The van der Waals surface area contributed by atoms with Crippen LogP contribution >= 0.6 is 22.9 Å². The molecule has 0 aliphatic rings. The summed E-state index contributed by atoms with van der Waals surface area (Å²) in [6.45, 7) is 9.58. The lowest BCUT2D eigenvalue weighted by atomic mass is 9.96. The molecule has 0 aliphatic heterocycles. The highest BCUT2D eigenvalue weighted by Crippen LogP contribution is 2.36. The molecule has 2 rings (SSSR count). The topological polar surface area (TPSA) is 12.0 Å². The molecule has 0 radical (unpaired) electrons. The molecule has 0 aliphatic carbocycles. The minimum absolute atomic E-state index is 0.192. The number of thiophene rings is 1. The summed E-state index contributed by atoms with van der Waals surface area (Å²) in [5.74, 6) is 0. The van der Waals surface area contributed by atoms with Crippen molar-refractivity contribution in [3.05, 3.63) is 55.7 Å². The minimum Gasteiger partial charge on any atom is -0.306 e. The largest absolute Gasteiger partial charge is 0.306 e. The van der Waals surface area contributed by atoms with Gasteiger partial charge in [-0.15, -0.1) is 11.3 Å². The summed E-state index contributed by atoms with van der Waals surface area (Å²) in [5.41, 5.74) is 5.38. The van der Waals surface area contributed by atoms with E-state index in [1.807, 2.05) is 0 Å². The van der Waals surface area contributed by atoms with E-state index < -0.39 is 0 Å². The van der Waals surface area contributed by atoms with Crippen LogP contribution < -0.4 is 5.32 Å². The lowest BCUT2D eigenvalue weighted by Crippen LogP contribution is -2.21. The maximum Gasteiger partial charge on any atom is 0.0686 e. The number of aryl methyl sites for hydroxylation is 3. The Kier molecular flexibility index (Phi) is 5.86. The van der Waals surface area contributed by atoms with Gasteiger partial charge in [-0.2, -0.15) is 0 Å². The number of hydrogen-bond acceptors (Lipinski definition) is 2. The summed E-state index contributed by atoms with van der Waals surface area (Å²) >= 11 is 8.24. The van der Waals surface area contributed by atoms with Gasteiger partial charge in [-0.1, -0.05) is 50.6 Å². The van der Waals surface area contributed by atoms with Gasteiger partial charge in [0.1, 0.15) is 0 Å². The van der Waals surface area contributed by atoms with Gasteiger partial charge >= 0.3 is 0 Å². The molecule has 0 fully saturated rings. The molecule has 0 bridgehead atoms. The molecule has 0 amide bonds. The molecule has 1 nitrogen and oxygen atoms in total. The average Bonchev–Trinajstić information content (AvgIpc) is 2.84. The number of benzene rings is 1. The second-order valence-corrected chi connectivity index (χ2v) is 6.61. The van der Waals surface area contributed by atoms with E-state index in [9.17, 15) is 0 Å². The Bertz CT molecular complexity index is 603. The third-order valence-corrected chi connectivity index (χ3v) is 5.70. The van der Waals surface area contributed by atoms with Crippen LogP contribution in [0.25, 0.3) is 0 Å². The Morgan fingerprint density at radius 2 is 1.86 bits per heavy atom.